The molecule has 76 valence electrons. The maximum atomic E-state index is 10.7. The minimum absolute atomic E-state index is 0.130. The van der Waals surface area contributed by atoms with Crippen LogP contribution >= 0.6 is 0 Å². The Kier molecular flexibility index (Phi) is 7.36. The van der Waals surface area contributed by atoms with Crippen LogP contribution in [0.5, 0.6) is 0 Å². The van der Waals surface area contributed by atoms with Crippen molar-refractivity contribution in [2.75, 3.05) is 0 Å². The quantitative estimate of drug-likeness (QED) is 0.464. The van der Waals surface area contributed by atoms with Crippen LogP contribution in [0.15, 0.2) is 12.7 Å². The van der Waals surface area contributed by atoms with E-state index in [4.69, 9.17) is 5.11 Å². The van der Waals surface area contributed by atoms with E-state index in [2.05, 4.69) is 6.58 Å². The second kappa shape index (κ2) is 7.84. The fraction of sp³-hybridized carbons (Fsp3) is 0.727. The minimum atomic E-state index is -0.638. The topological polar surface area (TPSA) is 37.3 Å². The number of unbranched alkanes of at least 4 members (excludes halogenated alkanes) is 2. The Morgan fingerprint density at radius 3 is 2.62 bits per heavy atom. The summed E-state index contributed by atoms with van der Waals surface area (Å²) in [6, 6.07) is 0. The van der Waals surface area contributed by atoms with Gasteiger partial charge in [-0.05, 0) is 25.7 Å². The van der Waals surface area contributed by atoms with Gasteiger partial charge in [-0.25, -0.2) is 0 Å². The van der Waals surface area contributed by atoms with E-state index in [0.29, 0.717) is 0 Å². The van der Waals surface area contributed by atoms with Crippen LogP contribution in [0.25, 0.3) is 0 Å². The molecule has 0 aromatic carbocycles. The summed E-state index contributed by atoms with van der Waals surface area (Å²) >= 11 is 0. The van der Waals surface area contributed by atoms with Gasteiger partial charge in [-0.2, -0.15) is 0 Å². The van der Waals surface area contributed by atoms with Crippen molar-refractivity contribution in [2.45, 2.75) is 45.4 Å². The number of aliphatic carboxylic acids is 1. The number of carboxylic acids is 1. The van der Waals surface area contributed by atoms with Crippen molar-refractivity contribution in [3.05, 3.63) is 12.7 Å². The molecule has 0 aliphatic rings. The molecule has 0 saturated carbocycles. The molecule has 0 aliphatic heterocycles. The zero-order valence-electron chi connectivity index (χ0n) is 8.46. The molecule has 13 heavy (non-hydrogen) atoms. The van der Waals surface area contributed by atoms with Gasteiger partial charge in [0.2, 0.25) is 0 Å². The summed E-state index contributed by atoms with van der Waals surface area (Å²) in [7, 11) is 0. The molecule has 1 atom stereocenters. The van der Waals surface area contributed by atoms with E-state index in [-0.39, 0.29) is 5.92 Å². The Bertz CT molecular complexity index is 152. The lowest BCUT2D eigenvalue weighted by atomic mass is 9.97. The van der Waals surface area contributed by atoms with Crippen molar-refractivity contribution in [3.63, 3.8) is 0 Å². The average Bonchev–Trinajstić information content (AvgIpc) is 2.10. The summed E-state index contributed by atoms with van der Waals surface area (Å²) < 4.78 is 0. The average molecular weight is 184 g/mol. The first-order valence-corrected chi connectivity index (χ1v) is 5.06. The zero-order chi connectivity index (χ0) is 10.1. The van der Waals surface area contributed by atoms with E-state index < -0.39 is 5.97 Å². The summed E-state index contributed by atoms with van der Waals surface area (Å²) in [6.45, 7) is 5.66. The highest BCUT2D eigenvalue weighted by Crippen LogP contribution is 2.15. The first kappa shape index (κ1) is 12.2. The molecule has 0 radical (unpaired) electrons. The highest BCUT2D eigenvalue weighted by atomic mass is 16.4. The van der Waals surface area contributed by atoms with Gasteiger partial charge in [0.1, 0.15) is 0 Å². The Balaban J connectivity index is 3.56. The normalized spacial score (nSPS) is 12.4. The molecule has 2 nitrogen and oxygen atoms in total. The van der Waals surface area contributed by atoms with Crippen LogP contribution in [-0.2, 0) is 4.79 Å². The Morgan fingerprint density at radius 1 is 1.46 bits per heavy atom. The van der Waals surface area contributed by atoms with Crippen LogP contribution in [0.3, 0.4) is 0 Å². The van der Waals surface area contributed by atoms with E-state index in [1.807, 2.05) is 13.0 Å². The molecule has 0 saturated heterocycles. The molecule has 0 bridgehead atoms. The molecule has 1 N–H and O–H groups in total. The van der Waals surface area contributed by atoms with Gasteiger partial charge < -0.3 is 5.11 Å². The van der Waals surface area contributed by atoms with Crippen LogP contribution in [0, 0.1) is 5.92 Å². The Morgan fingerprint density at radius 2 is 2.15 bits per heavy atom. The first-order chi connectivity index (χ1) is 6.22. The van der Waals surface area contributed by atoms with Crippen LogP contribution in [0.2, 0.25) is 0 Å². The van der Waals surface area contributed by atoms with E-state index >= 15 is 0 Å². The monoisotopic (exact) mass is 184 g/mol. The van der Waals surface area contributed by atoms with E-state index in [1.54, 1.807) is 0 Å². The number of rotatable bonds is 8. The van der Waals surface area contributed by atoms with E-state index in [0.717, 1.165) is 38.5 Å². The Hall–Kier alpha value is -0.790. The number of carbonyl (C=O) groups is 1. The molecular weight excluding hydrogens is 164 g/mol. The van der Waals surface area contributed by atoms with Gasteiger partial charge in [-0.3, -0.25) is 4.79 Å². The Labute approximate surface area is 80.7 Å². The molecule has 0 fully saturated rings. The third kappa shape index (κ3) is 6.38. The van der Waals surface area contributed by atoms with E-state index in [9.17, 15) is 4.79 Å². The smallest absolute Gasteiger partial charge is 0.306 e. The van der Waals surface area contributed by atoms with Crippen molar-refractivity contribution in [3.8, 4) is 0 Å². The van der Waals surface area contributed by atoms with E-state index in [1.165, 1.54) is 0 Å². The standard InChI is InChI=1S/C11H20O2/c1-3-5-6-7-9-10(8-4-2)11(12)13/h3,10H,1,4-9H2,2H3,(H,12,13). The summed E-state index contributed by atoms with van der Waals surface area (Å²) in [5.41, 5.74) is 0. The van der Waals surface area contributed by atoms with Crippen LogP contribution < -0.4 is 0 Å². The van der Waals surface area contributed by atoms with Gasteiger partial charge >= 0.3 is 5.97 Å². The zero-order valence-corrected chi connectivity index (χ0v) is 8.46. The SMILES string of the molecule is C=CCCCCC(CCC)C(=O)O. The summed E-state index contributed by atoms with van der Waals surface area (Å²) in [6.07, 6.45) is 7.53. The van der Waals surface area contributed by atoms with Crippen LogP contribution in [0.4, 0.5) is 0 Å². The molecule has 0 spiro atoms. The van der Waals surface area contributed by atoms with Gasteiger partial charge in [0.05, 0.1) is 5.92 Å². The molecule has 0 aliphatic carbocycles. The largest absolute Gasteiger partial charge is 0.481 e. The summed E-state index contributed by atoms with van der Waals surface area (Å²) in [5, 5.41) is 8.84. The first-order valence-electron chi connectivity index (χ1n) is 5.06. The molecular formula is C11H20O2. The third-order valence-corrected chi connectivity index (χ3v) is 2.20. The third-order valence-electron chi connectivity index (χ3n) is 2.20. The molecule has 0 amide bonds. The summed E-state index contributed by atoms with van der Waals surface area (Å²) in [4.78, 5) is 10.7. The minimum Gasteiger partial charge on any atom is -0.481 e. The molecule has 0 rings (SSSR count). The van der Waals surface area contributed by atoms with Gasteiger partial charge in [0.15, 0.2) is 0 Å². The lowest BCUT2D eigenvalue weighted by Gasteiger charge is -2.09. The highest BCUT2D eigenvalue weighted by Gasteiger charge is 2.14. The fourth-order valence-electron chi connectivity index (χ4n) is 1.42. The van der Waals surface area contributed by atoms with Crippen LogP contribution in [0.1, 0.15) is 45.4 Å². The number of hydrogen-bond donors (Lipinski definition) is 1. The predicted octanol–water partition coefficient (Wildman–Crippen LogP) is 3.23. The number of carboxylic acid groups (broad SMARTS) is 1. The predicted molar refractivity (Wildman–Crippen MR) is 54.7 cm³/mol. The number of allylic oxidation sites excluding steroid dienone is 1. The second-order valence-electron chi connectivity index (χ2n) is 3.40. The summed E-state index contributed by atoms with van der Waals surface area (Å²) in [5.74, 6) is -0.768. The van der Waals surface area contributed by atoms with Gasteiger partial charge in [-0.15, -0.1) is 6.58 Å². The van der Waals surface area contributed by atoms with Gasteiger partial charge in [0, 0.05) is 0 Å². The van der Waals surface area contributed by atoms with Crippen LogP contribution in [-0.4, -0.2) is 11.1 Å². The number of hydrogen-bond acceptors (Lipinski definition) is 1. The maximum Gasteiger partial charge on any atom is 0.306 e. The van der Waals surface area contributed by atoms with Crippen molar-refractivity contribution >= 4 is 5.97 Å². The lowest BCUT2D eigenvalue weighted by molar-refractivity contribution is -0.142. The highest BCUT2D eigenvalue weighted by molar-refractivity contribution is 5.69. The van der Waals surface area contributed by atoms with Crippen molar-refractivity contribution in [1.29, 1.82) is 0 Å². The van der Waals surface area contributed by atoms with Gasteiger partial charge in [-0.1, -0.05) is 25.8 Å². The molecule has 0 aromatic heterocycles. The molecule has 2 heteroatoms. The molecule has 0 heterocycles. The maximum absolute atomic E-state index is 10.7. The lowest BCUT2D eigenvalue weighted by Crippen LogP contribution is -2.13. The van der Waals surface area contributed by atoms with Gasteiger partial charge in [0.25, 0.3) is 0 Å². The molecule has 0 aromatic rings. The van der Waals surface area contributed by atoms with Crippen molar-refractivity contribution in [2.24, 2.45) is 5.92 Å². The fourth-order valence-corrected chi connectivity index (χ4v) is 1.42. The second-order valence-corrected chi connectivity index (χ2v) is 3.40. The molecule has 1 unspecified atom stereocenters. The van der Waals surface area contributed by atoms with Crippen molar-refractivity contribution < 1.29 is 9.90 Å². The van der Waals surface area contributed by atoms with Crippen molar-refractivity contribution in [1.82, 2.24) is 0 Å².